The molecule has 1 atom stereocenters. The largest absolute Gasteiger partial charge is 0.480 e. The average molecular weight is 245 g/mol. The van der Waals surface area contributed by atoms with Crippen molar-refractivity contribution in [1.29, 1.82) is 0 Å². The summed E-state index contributed by atoms with van der Waals surface area (Å²) in [6.07, 6.45) is -1.82. The van der Waals surface area contributed by atoms with Crippen molar-refractivity contribution < 1.29 is 28.6 Å². The Balaban J connectivity index is 2.77. The van der Waals surface area contributed by atoms with Crippen LogP contribution in [0.15, 0.2) is 18.2 Å². The van der Waals surface area contributed by atoms with Gasteiger partial charge in [-0.2, -0.15) is 0 Å². The molecule has 1 aromatic rings. The first kappa shape index (κ1) is 13.0. The molecule has 1 rings (SSSR count). The molecule has 1 amide bonds. The molecule has 17 heavy (non-hydrogen) atoms. The number of amides is 1. The number of carboxylic acid groups (broad SMARTS) is 1. The number of carbonyl (C=O) groups excluding carboxylic acids is 1. The van der Waals surface area contributed by atoms with Gasteiger partial charge in [-0.3, -0.25) is 9.59 Å². The molecule has 0 fully saturated rings. The summed E-state index contributed by atoms with van der Waals surface area (Å²) >= 11 is 0. The number of benzene rings is 1. The maximum Gasteiger partial charge on any atom is 0.322 e. The van der Waals surface area contributed by atoms with Crippen LogP contribution in [0.4, 0.5) is 8.78 Å². The lowest BCUT2D eigenvalue weighted by Crippen LogP contribution is -2.33. The second kappa shape index (κ2) is 5.35. The Bertz CT molecular complexity index is 430. The third kappa shape index (κ3) is 3.80. The number of aliphatic hydroxyl groups excluding tert-OH is 1. The molecule has 0 bridgehead atoms. The highest BCUT2D eigenvalue weighted by atomic mass is 19.1. The van der Waals surface area contributed by atoms with E-state index in [0.29, 0.717) is 6.07 Å². The number of carbonyl (C=O) groups is 2. The molecule has 0 saturated carbocycles. The van der Waals surface area contributed by atoms with Crippen LogP contribution in [-0.4, -0.2) is 28.6 Å². The van der Waals surface area contributed by atoms with E-state index in [9.17, 15) is 23.5 Å². The molecule has 0 radical (unpaired) electrons. The van der Waals surface area contributed by atoms with Gasteiger partial charge in [-0.25, -0.2) is 8.78 Å². The van der Waals surface area contributed by atoms with E-state index in [1.807, 2.05) is 5.32 Å². The Labute approximate surface area is 94.7 Å². The van der Waals surface area contributed by atoms with Gasteiger partial charge in [0.15, 0.2) is 6.10 Å². The number of aliphatic hydroxyl groups is 1. The minimum atomic E-state index is -1.82. The Morgan fingerprint density at radius 1 is 1.24 bits per heavy atom. The summed E-state index contributed by atoms with van der Waals surface area (Å²) in [5.41, 5.74) is -0.287. The van der Waals surface area contributed by atoms with Gasteiger partial charge in [0.1, 0.15) is 18.2 Å². The van der Waals surface area contributed by atoms with E-state index >= 15 is 0 Å². The zero-order valence-electron chi connectivity index (χ0n) is 8.48. The van der Waals surface area contributed by atoms with Gasteiger partial charge >= 0.3 is 5.97 Å². The number of carboxylic acids is 1. The van der Waals surface area contributed by atoms with Crippen molar-refractivity contribution in [3.05, 3.63) is 35.4 Å². The highest BCUT2D eigenvalue weighted by molar-refractivity contribution is 5.85. The Kier molecular flexibility index (Phi) is 4.11. The van der Waals surface area contributed by atoms with Gasteiger partial charge in [-0.1, -0.05) is 0 Å². The summed E-state index contributed by atoms with van der Waals surface area (Å²) in [7, 11) is 0. The van der Waals surface area contributed by atoms with Gasteiger partial charge in [0, 0.05) is 6.07 Å². The predicted octanol–water partition coefficient (Wildman–Crippen LogP) is 0.199. The van der Waals surface area contributed by atoms with Gasteiger partial charge in [-0.05, 0) is 17.7 Å². The standard InChI is InChI=1S/C10H9F2NO4/c11-6-1-5(2-7(12)3-6)9(16)10(17)13-4-8(14)15/h1-3,9,16H,4H2,(H,13,17)(H,14,15). The fraction of sp³-hybridized carbons (Fsp3) is 0.200. The van der Waals surface area contributed by atoms with Crippen molar-refractivity contribution >= 4 is 11.9 Å². The first-order valence-electron chi connectivity index (χ1n) is 4.53. The number of hydrogen-bond acceptors (Lipinski definition) is 3. The molecule has 92 valence electrons. The lowest BCUT2D eigenvalue weighted by Gasteiger charge is -2.10. The minimum absolute atomic E-state index is 0.287. The lowest BCUT2D eigenvalue weighted by molar-refractivity contribution is -0.139. The predicted molar refractivity (Wildman–Crippen MR) is 52.0 cm³/mol. The normalized spacial score (nSPS) is 11.9. The third-order valence-corrected chi connectivity index (χ3v) is 1.86. The third-order valence-electron chi connectivity index (χ3n) is 1.86. The van der Waals surface area contributed by atoms with E-state index in [0.717, 1.165) is 12.1 Å². The van der Waals surface area contributed by atoms with Crippen LogP contribution in [0.1, 0.15) is 11.7 Å². The van der Waals surface area contributed by atoms with Gasteiger partial charge < -0.3 is 15.5 Å². The van der Waals surface area contributed by atoms with Gasteiger partial charge in [0.25, 0.3) is 5.91 Å². The number of halogens is 2. The first-order chi connectivity index (χ1) is 7.90. The second-order valence-corrected chi connectivity index (χ2v) is 3.22. The molecule has 0 aromatic heterocycles. The Morgan fingerprint density at radius 3 is 2.24 bits per heavy atom. The van der Waals surface area contributed by atoms with E-state index in [-0.39, 0.29) is 5.56 Å². The highest BCUT2D eigenvalue weighted by Gasteiger charge is 2.19. The van der Waals surface area contributed by atoms with Gasteiger partial charge in [-0.15, -0.1) is 0 Å². The first-order valence-corrected chi connectivity index (χ1v) is 4.53. The van der Waals surface area contributed by atoms with Crippen LogP contribution < -0.4 is 5.32 Å². The van der Waals surface area contributed by atoms with E-state index < -0.39 is 36.2 Å². The molecule has 0 aliphatic rings. The van der Waals surface area contributed by atoms with E-state index in [1.165, 1.54) is 0 Å². The van der Waals surface area contributed by atoms with E-state index in [2.05, 4.69) is 0 Å². The van der Waals surface area contributed by atoms with Crippen LogP contribution >= 0.6 is 0 Å². The van der Waals surface area contributed by atoms with Crippen molar-refractivity contribution in [2.24, 2.45) is 0 Å². The summed E-state index contributed by atoms with van der Waals surface area (Å²) in [5, 5.41) is 19.6. The van der Waals surface area contributed by atoms with Crippen LogP contribution in [0.25, 0.3) is 0 Å². The lowest BCUT2D eigenvalue weighted by atomic mass is 10.1. The van der Waals surface area contributed by atoms with Gasteiger partial charge in [0.2, 0.25) is 0 Å². The van der Waals surface area contributed by atoms with E-state index in [1.54, 1.807) is 0 Å². The summed E-state index contributed by atoms with van der Waals surface area (Å²) in [5.74, 6) is -4.22. The molecule has 1 aromatic carbocycles. The maximum atomic E-state index is 12.8. The van der Waals surface area contributed by atoms with Crippen LogP contribution in [0.3, 0.4) is 0 Å². The molecule has 0 aliphatic heterocycles. The van der Waals surface area contributed by atoms with Crippen molar-refractivity contribution in [3.8, 4) is 0 Å². The van der Waals surface area contributed by atoms with Gasteiger partial charge in [0.05, 0.1) is 0 Å². The zero-order chi connectivity index (χ0) is 13.0. The number of hydrogen-bond donors (Lipinski definition) is 3. The smallest absolute Gasteiger partial charge is 0.322 e. The summed E-state index contributed by atoms with van der Waals surface area (Å²) in [6.45, 7) is -0.687. The van der Waals surface area contributed by atoms with Crippen LogP contribution in [0.5, 0.6) is 0 Å². The fourth-order valence-electron chi connectivity index (χ4n) is 1.14. The maximum absolute atomic E-state index is 12.8. The summed E-state index contributed by atoms with van der Waals surface area (Å²) in [6, 6.07) is 2.16. The van der Waals surface area contributed by atoms with Crippen molar-refractivity contribution in [1.82, 2.24) is 5.32 Å². The molecular weight excluding hydrogens is 236 g/mol. The number of rotatable bonds is 4. The minimum Gasteiger partial charge on any atom is -0.480 e. The zero-order valence-corrected chi connectivity index (χ0v) is 8.48. The highest BCUT2D eigenvalue weighted by Crippen LogP contribution is 2.16. The molecule has 7 heteroatoms. The Morgan fingerprint density at radius 2 is 1.76 bits per heavy atom. The Hall–Kier alpha value is -2.02. The molecule has 0 saturated heterocycles. The SMILES string of the molecule is O=C(O)CNC(=O)C(O)c1cc(F)cc(F)c1. The van der Waals surface area contributed by atoms with Crippen molar-refractivity contribution in [3.63, 3.8) is 0 Å². The molecule has 5 nitrogen and oxygen atoms in total. The van der Waals surface area contributed by atoms with Crippen LogP contribution in [0.2, 0.25) is 0 Å². The van der Waals surface area contributed by atoms with Crippen molar-refractivity contribution in [2.75, 3.05) is 6.54 Å². The summed E-state index contributed by atoms with van der Waals surface area (Å²) < 4.78 is 25.6. The van der Waals surface area contributed by atoms with Crippen LogP contribution in [-0.2, 0) is 9.59 Å². The molecule has 0 aliphatic carbocycles. The van der Waals surface area contributed by atoms with Crippen LogP contribution in [0, 0.1) is 11.6 Å². The molecule has 1 unspecified atom stereocenters. The molecular formula is C10H9F2NO4. The average Bonchev–Trinajstić information content (AvgIpc) is 2.23. The number of aliphatic carboxylic acids is 1. The quantitative estimate of drug-likeness (QED) is 0.707. The van der Waals surface area contributed by atoms with E-state index in [4.69, 9.17) is 5.11 Å². The van der Waals surface area contributed by atoms with Crippen molar-refractivity contribution in [2.45, 2.75) is 6.10 Å². The summed E-state index contributed by atoms with van der Waals surface area (Å²) in [4.78, 5) is 21.4. The fourth-order valence-corrected chi connectivity index (χ4v) is 1.14. The topological polar surface area (TPSA) is 86.6 Å². The molecule has 3 N–H and O–H groups in total. The number of nitrogens with one attached hydrogen (secondary N) is 1. The second-order valence-electron chi connectivity index (χ2n) is 3.22. The molecule has 0 heterocycles. The molecule has 0 spiro atoms. The monoisotopic (exact) mass is 245 g/mol.